The third-order valence-corrected chi connectivity index (χ3v) is 4.61. The van der Waals surface area contributed by atoms with E-state index in [9.17, 15) is 0 Å². The molecule has 0 saturated carbocycles. The van der Waals surface area contributed by atoms with Crippen LogP contribution in [0.1, 0.15) is 31.9 Å². The number of aromatic nitrogens is 2. The van der Waals surface area contributed by atoms with Crippen molar-refractivity contribution < 1.29 is 0 Å². The van der Waals surface area contributed by atoms with Gasteiger partial charge >= 0.3 is 0 Å². The molecule has 0 spiro atoms. The first-order valence-electron chi connectivity index (χ1n) is 6.69. The van der Waals surface area contributed by atoms with Gasteiger partial charge in [0.15, 0.2) is 10.8 Å². The molecule has 98 valence electrons. The Balaban J connectivity index is 1.94. The number of rotatable bonds is 2. The van der Waals surface area contributed by atoms with Crippen LogP contribution in [0.15, 0.2) is 11.6 Å². The van der Waals surface area contributed by atoms with Gasteiger partial charge in [0.25, 0.3) is 0 Å². The Bertz CT molecular complexity index is 530. The topological polar surface area (TPSA) is 46.6 Å². The largest absolute Gasteiger partial charge is 0.355 e. The second kappa shape index (κ2) is 4.90. The van der Waals surface area contributed by atoms with Crippen molar-refractivity contribution in [2.24, 2.45) is 11.7 Å². The van der Waals surface area contributed by atoms with Gasteiger partial charge in [0.2, 0.25) is 0 Å². The molecule has 0 bridgehead atoms. The number of hydrogen-bond donors (Lipinski definition) is 1. The Morgan fingerprint density at radius 3 is 3.17 bits per heavy atom. The van der Waals surface area contributed by atoms with Crippen LogP contribution < -0.4 is 10.6 Å². The zero-order valence-electron chi connectivity index (χ0n) is 10.8. The lowest BCUT2D eigenvalue weighted by molar-refractivity contribution is 0.521. The van der Waals surface area contributed by atoms with E-state index >= 15 is 0 Å². The molecule has 18 heavy (non-hydrogen) atoms. The van der Waals surface area contributed by atoms with Gasteiger partial charge in [0.1, 0.15) is 0 Å². The molecule has 5 heteroatoms. The SMILES string of the molecule is CC1CCCN(c2nc3sccn3c2CN)CC1. The predicted molar refractivity (Wildman–Crippen MR) is 76.2 cm³/mol. The van der Waals surface area contributed by atoms with E-state index in [1.165, 1.54) is 19.3 Å². The smallest absolute Gasteiger partial charge is 0.195 e. The van der Waals surface area contributed by atoms with Crippen molar-refractivity contribution in [2.75, 3.05) is 18.0 Å². The third-order valence-electron chi connectivity index (χ3n) is 3.85. The quantitative estimate of drug-likeness (QED) is 0.906. The second-order valence-corrected chi connectivity index (χ2v) is 6.04. The van der Waals surface area contributed by atoms with E-state index in [0.717, 1.165) is 35.5 Å². The van der Waals surface area contributed by atoms with Crippen molar-refractivity contribution in [1.29, 1.82) is 0 Å². The summed E-state index contributed by atoms with van der Waals surface area (Å²) in [5.41, 5.74) is 7.06. The predicted octanol–water partition coefficient (Wildman–Crippen LogP) is 2.48. The van der Waals surface area contributed by atoms with Crippen LogP contribution in [0.4, 0.5) is 5.82 Å². The van der Waals surface area contributed by atoms with E-state index in [0.29, 0.717) is 6.54 Å². The van der Waals surface area contributed by atoms with Crippen molar-refractivity contribution in [1.82, 2.24) is 9.38 Å². The fraction of sp³-hybridized carbons (Fsp3) is 0.615. The lowest BCUT2D eigenvalue weighted by atomic mass is 10.0. The zero-order valence-corrected chi connectivity index (χ0v) is 11.6. The lowest BCUT2D eigenvalue weighted by Crippen LogP contribution is -2.26. The van der Waals surface area contributed by atoms with Crippen molar-refractivity contribution in [3.05, 3.63) is 17.3 Å². The Morgan fingerprint density at radius 2 is 2.33 bits per heavy atom. The van der Waals surface area contributed by atoms with Crippen LogP contribution in [-0.2, 0) is 6.54 Å². The molecule has 1 saturated heterocycles. The van der Waals surface area contributed by atoms with Crippen LogP contribution in [-0.4, -0.2) is 22.5 Å². The molecule has 1 unspecified atom stereocenters. The number of fused-ring (bicyclic) bond motifs is 1. The number of imidazole rings is 1. The number of thiazole rings is 1. The highest BCUT2D eigenvalue weighted by Gasteiger charge is 2.20. The molecule has 2 aromatic heterocycles. The average molecular weight is 264 g/mol. The van der Waals surface area contributed by atoms with E-state index in [1.54, 1.807) is 11.3 Å². The summed E-state index contributed by atoms with van der Waals surface area (Å²) < 4.78 is 2.13. The van der Waals surface area contributed by atoms with Crippen LogP contribution in [0.2, 0.25) is 0 Å². The maximum Gasteiger partial charge on any atom is 0.195 e. The normalized spacial score (nSPS) is 21.4. The molecule has 4 nitrogen and oxygen atoms in total. The molecule has 0 radical (unpaired) electrons. The maximum absolute atomic E-state index is 5.91. The fourth-order valence-electron chi connectivity index (χ4n) is 2.74. The van der Waals surface area contributed by atoms with Gasteiger partial charge in [-0.2, -0.15) is 0 Å². The van der Waals surface area contributed by atoms with E-state index in [1.807, 2.05) is 0 Å². The molecule has 0 aliphatic carbocycles. The van der Waals surface area contributed by atoms with E-state index in [4.69, 9.17) is 10.7 Å². The Labute approximate surface area is 111 Å². The average Bonchev–Trinajstić information content (AvgIpc) is 2.86. The summed E-state index contributed by atoms with van der Waals surface area (Å²) in [4.78, 5) is 8.24. The highest BCUT2D eigenvalue weighted by molar-refractivity contribution is 7.15. The lowest BCUT2D eigenvalue weighted by Gasteiger charge is -2.21. The molecular weight excluding hydrogens is 244 g/mol. The molecule has 0 aromatic carbocycles. The number of anilines is 1. The van der Waals surface area contributed by atoms with Crippen LogP contribution >= 0.6 is 11.3 Å². The maximum atomic E-state index is 5.91. The summed E-state index contributed by atoms with van der Waals surface area (Å²) in [5.74, 6) is 1.94. The van der Waals surface area contributed by atoms with E-state index < -0.39 is 0 Å². The van der Waals surface area contributed by atoms with Crippen LogP contribution in [0, 0.1) is 5.92 Å². The summed E-state index contributed by atoms with van der Waals surface area (Å²) in [7, 11) is 0. The van der Waals surface area contributed by atoms with E-state index in [-0.39, 0.29) is 0 Å². The standard InChI is InChI=1S/C13H20N4S/c1-10-3-2-5-16(6-4-10)12-11(9-14)17-7-8-18-13(17)15-12/h7-8,10H,2-6,9,14H2,1H3. The first kappa shape index (κ1) is 12.0. The minimum Gasteiger partial charge on any atom is -0.355 e. The van der Waals surface area contributed by atoms with Gasteiger partial charge in [-0.1, -0.05) is 6.92 Å². The van der Waals surface area contributed by atoms with Crippen molar-refractivity contribution in [2.45, 2.75) is 32.7 Å². The van der Waals surface area contributed by atoms with Crippen molar-refractivity contribution in [3.8, 4) is 0 Å². The molecule has 1 fully saturated rings. The zero-order chi connectivity index (χ0) is 12.5. The number of nitrogens with zero attached hydrogens (tertiary/aromatic N) is 3. The first-order valence-corrected chi connectivity index (χ1v) is 7.57. The third kappa shape index (κ3) is 2.01. The van der Waals surface area contributed by atoms with Crippen molar-refractivity contribution in [3.63, 3.8) is 0 Å². The van der Waals surface area contributed by atoms with Crippen LogP contribution in [0.3, 0.4) is 0 Å². The summed E-state index contributed by atoms with van der Waals surface area (Å²) >= 11 is 1.68. The number of hydrogen-bond acceptors (Lipinski definition) is 4. The first-order chi connectivity index (χ1) is 8.79. The molecule has 2 aromatic rings. The summed E-state index contributed by atoms with van der Waals surface area (Å²) in [5, 5.41) is 2.07. The Morgan fingerprint density at radius 1 is 1.44 bits per heavy atom. The molecular formula is C13H20N4S. The molecule has 3 rings (SSSR count). The highest BCUT2D eigenvalue weighted by atomic mass is 32.1. The molecule has 1 atom stereocenters. The van der Waals surface area contributed by atoms with Crippen LogP contribution in [0.25, 0.3) is 4.96 Å². The minimum atomic E-state index is 0.555. The monoisotopic (exact) mass is 264 g/mol. The molecule has 3 heterocycles. The van der Waals surface area contributed by atoms with Gasteiger partial charge in [-0.25, -0.2) is 4.98 Å². The van der Waals surface area contributed by atoms with Gasteiger partial charge in [-0.15, -0.1) is 11.3 Å². The van der Waals surface area contributed by atoms with Gasteiger partial charge < -0.3 is 10.6 Å². The summed E-state index contributed by atoms with van der Waals surface area (Å²) in [6.07, 6.45) is 5.92. The molecule has 0 amide bonds. The molecule has 1 aliphatic heterocycles. The summed E-state index contributed by atoms with van der Waals surface area (Å²) in [6.45, 7) is 5.12. The Kier molecular flexibility index (Phi) is 3.26. The fourth-order valence-corrected chi connectivity index (χ4v) is 3.47. The van der Waals surface area contributed by atoms with Gasteiger partial charge in [-0.05, 0) is 25.2 Å². The second-order valence-electron chi connectivity index (χ2n) is 5.16. The van der Waals surface area contributed by atoms with Gasteiger partial charge in [-0.3, -0.25) is 4.40 Å². The molecule has 2 N–H and O–H groups in total. The summed E-state index contributed by atoms with van der Waals surface area (Å²) in [6, 6.07) is 0. The Hall–Kier alpha value is -1.07. The van der Waals surface area contributed by atoms with Gasteiger partial charge in [0.05, 0.1) is 5.69 Å². The van der Waals surface area contributed by atoms with Crippen molar-refractivity contribution >= 4 is 22.1 Å². The number of nitrogens with two attached hydrogens (primary N) is 1. The minimum absolute atomic E-state index is 0.555. The van der Waals surface area contributed by atoms with E-state index in [2.05, 4.69) is 27.8 Å². The molecule has 1 aliphatic rings. The highest BCUT2D eigenvalue weighted by Crippen LogP contribution is 2.27. The van der Waals surface area contributed by atoms with Gasteiger partial charge in [0, 0.05) is 31.2 Å². The van der Waals surface area contributed by atoms with Crippen LogP contribution in [0.5, 0.6) is 0 Å².